The molecule has 1 saturated heterocycles. The van der Waals surface area contributed by atoms with Gasteiger partial charge in [-0.2, -0.15) is 9.78 Å². The van der Waals surface area contributed by atoms with E-state index in [-0.39, 0.29) is 24.2 Å². The molecule has 1 unspecified atom stereocenters. The van der Waals surface area contributed by atoms with Crippen LogP contribution in [-0.4, -0.2) is 70.1 Å². The van der Waals surface area contributed by atoms with Crippen LogP contribution in [0.2, 0.25) is 0 Å². The Morgan fingerprint density at radius 1 is 1.22 bits per heavy atom. The van der Waals surface area contributed by atoms with Gasteiger partial charge in [0.25, 0.3) is 0 Å². The molecular weight excluding hydrogens is 404 g/mol. The van der Waals surface area contributed by atoms with Crippen molar-refractivity contribution < 1.29 is 9.59 Å². The van der Waals surface area contributed by atoms with Gasteiger partial charge in [0.05, 0.1) is 17.1 Å². The summed E-state index contributed by atoms with van der Waals surface area (Å²) in [6, 6.07) is 11.8. The number of benzene rings is 1. The number of nitrogens with zero attached hydrogens (tertiary/aromatic N) is 5. The molecule has 0 aliphatic carbocycles. The summed E-state index contributed by atoms with van der Waals surface area (Å²) in [6.07, 6.45) is 1.14. The van der Waals surface area contributed by atoms with Gasteiger partial charge in [-0.15, -0.1) is 0 Å². The van der Waals surface area contributed by atoms with Gasteiger partial charge in [-0.3, -0.25) is 9.59 Å². The third kappa shape index (κ3) is 4.65. The molecule has 3 aromatic rings. The first kappa shape index (κ1) is 22.0. The van der Waals surface area contributed by atoms with E-state index in [0.717, 1.165) is 35.1 Å². The van der Waals surface area contributed by atoms with Crippen molar-refractivity contribution in [2.45, 2.75) is 26.7 Å². The van der Waals surface area contributed by atoms with Crippen molar-refractivity contribution in [1.82, 2.24) is 24.6 Å². The molecule has 2 amide bonds. The highest BCUT2D eigenvalue weighted by Gasteiger charge is 2.34. The van der Waals surface area contributed by atoms with E-state index in [1.807, 2.05) is 64.3 Å². The van der Waals surface area contributed by atoms with Crippen molar-refractivity contribution in [2.24, 2.45) is 5.92 Å². The molecule has 1 aliphatic rings. The number of carbonyl (C=O) groups is 2. The first-order chi connectivity index (χ1) is 15.3. The van der Waals surface area contributed by atoms with Crippen molar-refractivity contribution in [2.75, 3.05) is 39.0 Å². The highest BCUT2D eigenvalue weighted by molar-refractivity contribution is 5.97. The summed E-state index contributed by atoms with van der Waals surface area (Å²) in [4.78, 5) is 34.0. The summed E-state index contributed by atoms with van der Waals surface area (Å²) in [5, 5.41) is 8.63. The molecule has 0 radical (unpaired) electrons. The quantitative estimate of drug-likeness (QED) is 0.618. The maximum atomic E-state index is 13.0. The number of pyridine rings is 1. The molecule has 1 atom stereocenters. The second-order valence-corrected chi connectivity index (χ2v) is 8.78. The number of amides is 2. The molecule has 32 heavy (non-hydrogen) atoms. The Morgan fingerprint density at radius 3 is 2.78 bits per heavy atom. The molecule has 0 spiro atoms. The third-order valence-corrected chi connectivity index (χ3v) is 5.83. The number of rotatable bonds is 7. The fraction of sp³-hybridized carbons (Fsp3) is 0.417. The van der Waals surface area contributed by atoms with Crippen molar-refractivity contribution in [3.63, 3.8) is 0 Å². The van der Waals surface area contributed by atoms with E-state index >= 15 is 0 Å². The number of hydrogen-bond donors (Lipinski definition) is 1. The minimum Gasteiger partial charge on any atom is -0.342 e. The summed E-state index contributed by atoms with van der Waals surface area (Å²) < 4.78 is 1.66. The zero-order chi connectivity index (χ0) is 22.8. The number of fused-ring (bicyclic) bond motifs is 1. The lowest BCUT2D eigenvalue weighted by Crippen LogP contribution is -2.30. The molecule has 1 fully saturated rings. The molecule has 1 N–H and O–H groups in total. The van der Waals surface area contributed by atoms with Gasteiger partial charge >= 0.3 is 0 Å². The Hall–Kier alpha value is -3.26. The third-order valence-electron chi connectivity index (χ3n) is 5.83. The average Bonchev–Trinajstić information content (AvgIpc) is 3.30. The van der Waals surface area contributed by atoms with Gasteiger partial charge in [-0.05, 0) is 58.6 Å². The number of aromatic nitrogens is 3. The van der Waals surface area contributed by atoms with Gasteiger partial charge in [0.1, 0.15) is 5.82 Å². The summed E-state index contributed by atoms with van der Waals surface area (Å²) in [5.74, 6) is 0.731. The molecule has 2 aromatic heterocycles. The number of likely N-dealkylation sites (tertiary alicyclic amines) is 1. The van der Waals surface area contributed by atoms with Crippen LogP contribution in [-0.2, 0) is 9.59 Å². The molecule has 4 rings (SSSR count). The van der Waals surface area contributed by atoms with E-state index in [0.29, 0.717) is 24.7 Å². The maximum Gasteiger partial charge on any atom is 0.230 e. The van der Waals surface area contributed by atoms with Crippen molar-refractivity contribution in [1.29, 1.82) is 0 Å². The summed E-state index contributed by atoms with van der Waals surface area (Å²) in [7, 11) is 4.03. The van der Waals surface area contributed by atoms with Crippen LogP contribution in [0.5, 0.6) is 0 Å². The Kier molecular flexibility index (Phi) is 6.23. The van der Waals surface area contributed by atoms with Crippen LogP contribution in [0.3, 0.4) is 0 Å². The first-order valence-electron chi connectivity index (χ1n) is 11.0. The normalized spacial score (nSPS) is 16.3. The Bertz CT molecular complexity index is 1150. The standard InChI is InChI=1S/C24H30N6O2/c1-16-12-21(25-20-9-6-5-8-19(16)20)30-22(13-17(2)27-30)26-24(32)18-14-23(31)29(15-18)11-7-10-28(3)4/h5-6,8-9,12-13,18H,7,10-11,14-15H2,1-4H3,(H,26,32). The van der Waals surface area contributed by atoms with Crippen LogP contribution in [0.15, 0.2) is 36.4 Å². The molecule has 1 aliphatic heterocycles. The lowest BCUT2D eigenvalue weighted by atomic mass is 10.1. The van der Waals surface area contributed by atoms with Crippen LogP contribution in [0.4, 0.5) is 5.82 Å². The van der Waals surface area contributed by atoms with E-state index in [1.54, 1.807) is 9.58 Å². The zero-order valence-corrected chi connectivity index (χ0v) is 19.1. The van der Waals surface area contributed by atoms with Gasteiger partial charge in [0, 0.05) is 31.0 Å². The predicted molar refractivity (Wildman–Crippen MR) is 125 cm³/mol. The van der Waals surface area contributed by atoms with Gasteiger partial charge < -0.3 is 15.1 Å². The van der Waals surface area contributed by atoms with Crippen molar-refractivity contribution >= 4 is 28.5 Å². The summed E-state index contributed by atoms with van der Waals surface area (Å²) >= 11 is 0. The van der Waals surface area contributed by atoms with Crippen molar-refractivity contribution in [3.8, 4) is 5.82 Å². The summed E-state index contributed by atoms with van der Waals surface area (Å²) in [5.41, 5.74) is 2.74. The molecule has 0 bridgehead atoms. The Morgan fingerprint density at radius 2 is 2.00 bits per heavy atom. The van der Waals surface area contributed by atoms with Gasteiger partial charge in [-0.1, -0.05) is 18.2 Å². The van der Waals surface area contributed by atoms with Gasteiger partial charge in [0.2, 0.25) is 11.8 Å². The molecule has 168 valence electrons. The molecule has 8 heteroatoms. The van der Waals surface area contributed by atoms with Crippen LogP contribution in [0, 0.1) is 19.8 Å². The average molecular weight is 435 g/mol. The monoisotopic (exact) mass is 434 g/mol. The highest BCUT2D eigenvalue weighted by atomic mass is 16.2. The molecule has 0 saturated carbocycles. The highest BCUT2D eigenvalue weighted by Crippen LogP contribution is 2.24. The largest absolute Gasteiger partial charge is 0.342 e. The lowest BCUT2D eigenvalue weighted by Gasteiger charge is -2.18. The lowest BCUT2D eigenvalue weighted by molar-refractivity contribution is -0.128. The van der Waals surface area contributed by atoms with Crippen LogP contribution < -0.4 is 5.32 Å². The SMILES string of the molecule is Cc1cc(NC(=O)C2CC(=O)N(CCCN(C)C)C2)n(-c2cc(C)c3ccccc3n2)n1. The number of aryl methyl sites for hydroxylation is 2. The second-order valence-electron chi connectivity index (χ2n) is 8.78. The fourth-order valence-electron chi connectivity index (χ4n) is 4.17. The van der Waals surface area contributed by atoms with Crippen LogP contribution in [0.25, 0.3) is 16.7 Å². The van der Waals surface area contributed by atoms with Crippen LogP contribution >= 0.6 is 0 Å². The predicted octanol–water partition coefficient (Wildman–Crippen LogP) is 2.78. The smallest absolute Gasteiger partial charge is 0.230 e. The zero-order valence-electron chi connectivity index (χ0n) is 19.1. The second kappa shape index (κ2) is 9.08. The number of anilines is 1. The molecule has 3 heterocycles. The van der Waals surface area contributed by atoms with Crippen LogP contribution in [0.1, 0.15) is 24.1 Å². The van der Waals surface area contributed by atoms with E-state index in [4.69, 9.17) is 4.98 Å². The topological polar surface area (TPSA) is 83.4 Å². The first-order valence-corrected chi connectivity index (χ1v) is 11.0. The number of hydrogen-bond acceptors (Lipinski definition) is 5. The molecular formula is C24H30N6O2. The fourth-order valence-corrected chi connectivity index (χ4v) is 4.17. The molecule has 1 aromatic carbocycles. The Balaban J connectivity index is 1.50. The van der Waals surface area contributed by atoms with E-state index in [9.17, 15) is 9.59 Å². The van der Waals surface area contributed by atoms with E-state index < -0.39 is 0 Å². The minimum absolute atomic E-state index is 0.0421. The van der Waals surface area contributed by atoms with E-state index in [1.165, 1.54) is 0 Å². The number of nitrogens with one attached hydrogen (secondary N) is 1. The van der Waals surface area contributed by atoms with Gasteiger partial charge in [-0.25, -0.2) is 4.98 Å². The Labute approximate surface area is 188 Å². The molecule has 8 nitrogen and oxygen atoms in total. The van der Waals surface area contributed by atoms with E-state index in [2.05, 4.69) is 15.3 Å². The number of para-hydroxylation sites is 1. The number of carbonyl (C=O) groups excluding carboxylic acids is 2. The van der Waals surface area contributed by atoms with Crippen molar-refractivity contribution in [3.05, 3.63) is 47.7 Å². The minimum atomic E-state index is -0.364. The van der Waals surface area contributed by atoms with Gasteiger partial charge in [0.15, 0.2) is 5.82 Å². The summed E-state index contributed by atoms with van der Waals surface area (Å²) in [6.45, 7) is 5.97. The maximum absolute atomic E-state index is 13.0.